The maximum Gasteiger partial charge on any atom is 0.358 e. The molecule has 39 heavy (non-hydrogen) atoms. The van der Waals surface area contributed by atoms with Crippen molar-refractivity contribution in [2.45, 2.75) is 44.4 Å². The molecular formula is C27H32N8O3Si. The van der Waals surface area contributed by atoms with Crippen LogP contribution in [-0.2, 0) is 21.7 Å². The normalized spacial score (nSPS) is 14.7. The van der Waals surface area contributed by atoms with Crippen LogP contribution in [0.2, 0.25) is 25.7 Å². The van der Waals surface area contributed by atoms with Gasteiger partial charge < -0.3 is 18.9 Å². The first kappa shape index (κ1) is 26.5. The number of hydrogen-bond donors (Lipinski definition) is 0. The van der Waals surface area contributed by atoms with E-state index in [4.69, 9.17) is 4.74 Å². The number of esters is 1. The van der Waals surface area contributed by atoms with Gasteiger partial charge >= 0.3 is 5.97 Å². The molecular weight excluding hydrogens is 512 g/mol. The number of ether oxygens (including phenoxy) is 2. The van der Waals surface area contributed by atoms with Gasteiger partial charge in [0.1, 0.15) is 23.7 Å². The number of nitriles is 1. The smallest absolute Gasteiger partial charge is 0.358 e. The average molecular weight is 545 g/mol. The summed E-state index contributed by atoms with van der Waals surface area (Å²) in [7, 11) is 0.164. The Hall–Kier alpha value is -4.08. The zero-order chi connectivity index (χ0) is 27.6. The van der Waals surface area contributed by atoms with Crippen molar-refractivity contribution in [1.82, 2.24) is 29.3 Å². The van der Waals surface area contributed by atoms with Crippen molar-refractivity contribution in [2.75, 3.05) is 31.7 Å². The third-order valence-corrected chi connectivity index (χ3v) is 8.71. The van der Waals surface area contributed by atoms with Crippen LogP contribution in [0.5, 0.6) is 0 Å². The first-order valence-corrected chi connectivity index (χ1v) is 16.5. The second kappa shape index (κ2) is 10.6. The first-order valence-electron chi connectivity index (χ1n) is 12.8. The summed E-state index contributed by atoms with van der Waals surface area (Å²) in [6, 6.07) is 7.49. The molecule has 0 atom stereocenters. The molecule has 5 rings (SSSR count). The fourth-order valence-electron chi connectivity index (χ4n) is 4.71. The van der Waals surface area contributed by atoms with E-state index in [9.17, 15) is 10.1 Å². The van der Waals surface area contributed by atoms with Crippen molar-refractivity contribution in [3.05, 3.63) is 55.0 Å². The third kappa shape index (κ3) is 5.41. The SMILES string of the molecule is COC(=O)c1cnc(N2CC(CC#N)(n3cc(-c4ccnc5c4ccn5COCC[Si](C)(C)C)cn3)C2)cn1. The standard InChI is InChI=1S/C27H32N8O3Si/c1-37-26(36)23-14-31-24(15-30-23)34-17-27(18-34,7-8-28)35-16-20(13-32-35)21-5-9-29-25-22(21)6-10-33(25)19-38-11-12-39(2,3)4/h5-6,9-10,13-16H,7,11-12,17-19H2,1-4H3. The quantitative estimate of drug-likeness (QED) is 0.166. The monoisotopic (exact) mass is 544 g/mol. The zero-order valence-electron chi connectivity index (χ0n) is 22.7. The number of carbonyl (C=O) groups is 1. The Kier molecular flexibility index (Phi) is 7.20. The van der Waals surface area contributed by atoms with E-state index in [1.54, 1.807) is 12.4 Å². The number of anilines is 1. The molecule has 5 heterocycles. The number of carbonyl (C=O) groups excluding carboxylic acids is 1. The number of rotatable bonds is 10. The molecule has 1 fully saturated rings. The largest absolute Gasteiger partial charge is 0.464 e. The second-order valence-electron chi connectivity index (χ2n) is 11.1. The van der Waals surface area contributed by atoms with E-state index in [2.05, 4.69) is 56.6 Å². The van der Waals surface area contributed by atoms with Crippen molar-refractivity contribution < 1.29 is 14.3 Å². The van der Waals surface area contributed by atoms with Gasteiger partial charge in [-0.15, -0.1) is 0 Å². The fourth-order valence-corrected chi connectivity index (χ4v) is 5.47. The molecule has 4 aromatic heterocycles. The van der Waals surface area contributed by atoms with Crippen LogP contribution in [0.25, 0.3) is 22.2 Å². The minimum absolute atomic E-state index is 0.150. The lowest BCUT2D eigenvalue weighted by Gasteiger charge is -2.49. The molecule has 0 bridgehead atoms. The van der Waals surface area contributed by atoms with Crippen LogP contribution < -0.4 is 4.90 Å². The summed E-state index contributed by atoms with van der Waals surface area (Å²) >= 11 is 0. The van der Waals surface area contributed by atoms with Crippen molar-refractivity contribution in [1.29, 1.82) is 5.26 Å². The van der Waals surface area contributed by atoms with Gasteiger partial charge in [-0.3, -0.25) is 4.68 Å². The summed E-state index contributed by atoms with van der Waals surface area (Å²) in [4.78, 5) is 26.8. The molecule has 0 unspecified atom stereocenters. The van der Waals surface area contributed by atoms with E-state index in [1.807, 2.05) is 38.8 Å². The Morgan fingerprint density at radius 2 is 1.97 bits per heavy atom. The highest BCUT2D eigenvalue weighted by atomic mass is 28.3. The Bertz CT molecular complexity index is 1510. The third-order valence-electron chi connectivity index (χ3n) is 7.00. The summed E-state index contributed by atoms with van der Waals surface area (Å²) in [6.45, 7) is 9.34. The molecule has 12 heteroatoms. The lowest BCUT2D eigenvalue weighted by Crippen LogP contribution is -2.63. The van der Waals surface area contributed by atoms with Crippen LogP contribution in [-0.4, -0.2) is 70.1 Å². The summed E-state index contributed by atoms with van der Waals surface area (Å²) in [5.41, 5.74) is 2.51. The van der Waals surface area contributed by atoms with Crippen molar-refractivity contribution in [3.8, 4) is 17.2 Å². The topological polar surface area (TPSA) is 124 Å². The van der Waals surface area contributed by atoms with E-state index in [0.29, 0.717) is 32.1 Å². The van der Waals surface area contributed by atoms with Gasteiger partial charge in [-0.2, -0.15) is 10.4 Å². The second-order valence-corrected chi connectivity index (χ2v) is 16.7. The minimum atomic E-state index is -1.14. The van der Waals surface area contributed by atoms with E-state index >= 15 is 0 Å². The summed E-state index contributed by atoms with van der Waals surface area (Å²) < 4.78 is 14.6. The van der Waals surface area contributed by atoms with Gasteiger partial charge in [-0.25, -0.2) is 19.7 Å². The predicted octanol–water partition coefficient (Wildman–Crippen LogP) is 3.92. The van der Waals surface area contributed by atoms with Crippen LogP contribution in [0.15, 0.2) is 49.3 Å². The molecule has 4 aromatic rings. The molecule has 0 amide bonds. The Balaban J connectivity index is 1.32. The number of nitrogens with zero attached hydrogens (tertiary/aromatic N) is 8. The number of fused-ring (bicyclic) bond motifs is 1. The molecule has 0 saturated carbocycles. The van der Waals surface area contributed by atoms with Crippen LogP contribution >= 0.6 is 0 Å². The number of pyridine rings is 1. The average Bonchev–Trinajstić information content (AvgIpc) is 3.55. The lowest BCUT2D eigenvalue weighted by molar-refractivity contribution is 0.0593. The molecule has 0 spiro atoms. The molecule has 202 valence electrons. The molecule has 0 radical (unpaired) electrons. The molecule has 11 nitrogen and oxygen atoms in total. The summed E-state index contributed by atoms with van der Waals surface area (Å²) in [6.07, 6.45) is 10.9. The van der Waals surface area contributed by atoms with Crippen LogP contribution in [0.4, 0.5) is 5.82 Å². The fraction of sp³-hybridized carbons (Fsp3) is 0.407. The van der Waals surface area contributed by atoms with E-state index in [1.165, 1.54) is 13.3 Å². The van der Waals surface area contributed by atoms with Gasteiger partial charge in [0.25, 0.3) is 0 Å². The van der Waals surface area contributed by atoms with Crippen molar-refractivity contribution in [3.63, 3.8) is 0 Å². The summed E-state index contributed by atoms with van der Waals surface area (Å²) in [5, 5.41) is 15.3. The maximum atomic E-state index is 11.6. The Morgan fingerprint density at radius 1 is 1.15 bits per heavy atom. The predicted molar refractivity (Wildman–Crippen MR) is 149 cm³/mol. The van der Waals surface area contributed by atoms with Gasteiger partial charge in [-0.1, -0.05) is 19.6 Å². The number of methoxy groups -OCH3 is 1. The summed E-state index contributed by atoms with van der Waals surface area (Å²) in [5.74, 6) is 0.100. The zero-order valence-corrected chi connectivity index (χ0v) is 23.7. The van der Waals surface area contributed by atoms with Crippen molar-refractivity contribution >= 4 is 30.9 Å². The van der Waals surface area contributed by atoms with E-state index in [0.717, 1.165) is 34.8 Å². The molecule has 1 aliphatic heterocycles. The van der Waals surface area contributed by atoms with E-state index in [-0.39, 0.29) is 5.69 Å². The molecule has 1 aliphatic rings. The van der Waals surface area contributed by atoms with Gasteiger partial charge in [-0.05, 0) is 23.7 Å². The lowest BCUT2D eigenvalue weighted by atomic mass is 9.87. The van der Waals surface area contributed by atoms with Gasteiger partial charge in [0.15, 0.2) is 5.69 Å². The minimum Gasteiger partial charge on any atom is -0.464 e. The number of hydrogen-bond acceptors (Lipinski definition) is 9. The highest BCUT2D eigenvalue weighted by molar-refractivity contribution is 6.76. The molecule has 0 N–H and O–H groups in total. The van der Waals surface area contributed by atoms with Crippen molar-refractivity contribution in [2.24, 2.45) is 0 Å². The van der Waals surface area contributed by atoms with Gasteiger partial charge in [0, 0.05) is 57.3 Å². The van der Waals surface area contributed by atoms with Crippen LogP contribution in [0.3, 0.4) is 0 Å². The van der Waals surface area contributed by atoms with Gasteiger partial charge in [0.2, 0.25) is 0 Å². The Labute approximate surface area is 228 Å². The number of aromatic nitrogens is 6. The molecule has 1 saturated heterocycles. The van der Waals surface area contributed by atoms with Crippen LogP contribution in [0.1, 0.15) is 16.9 Å². The molecule has 0 aliphatic carbocycles. The molecule has 0 aromatic carbocycles. The highest BCUT2D eigenvalue weighted by Crippen LogP contribution is 2.36. The maximum absolute atomic E-state index is 11.6. The first-order chi connectivity index (χ1) is 18.7. The van der Waals surface area contributed by atoms with E-state index < -0.39 is 19.6 Å². The Morgan fingerprint density at radius 3 is 2.67 bits per heavy atom. The highest BCUT2D eigenvalue weighted by Gasteiger charge is 2.46. The van der Waals surface area contributed by atoms with Gasteiger partial charge in [0.05, 0.1) is 38.2 Å². The van der Waals surface area contributed by atoms with Crippen LogP contribution in [0, 0.1) is 11.3 Å².